The first-order valence-corrected chi connectivity index (χ1v) is 12.0. The molecule has 0 aromatic heterocycles. The SMILES string of the molecule is C.CC.CC(C)(C)CC1CCC2C1(C)CCC1C34CCC(N)CC3CCC214. The molecule has 5 rings (SSSR count). The van der Waals surface area contributed by atoms with Crippen LogP contribution >= 0.6 is 0 Å². The van der Waals surface area contributed by atoms with Crippen molar-refractivity contribution >= 4 is 0 Å². The molecule has 1 nitrogen and oxygen atoms in total. The van der Waals surface area contributed by atoms with Crippen molar-refractivity contribution in [1.82, 2.24) is 0 Å². The molecular formula is C26H49N. The van der Waals surface area contributed by atoms with Crippen molar-refractivity contribution in [3.63, 3.8) is 0 Å². The molecule has 2 spiro atoms. The van der Waals surface area contributed by atoms with Gasteiger partial charge in [-0.2, -0.15) is 0 Å². The lowest BCUT2D eigenvalue weighted by atomic mass is 9.58. The van der Waals surface area contributed by atoms with Gasteiger partial charge in [-0.1, -0.05) is 49.0 Å². The van der Waals surface area contributed by atoms with Gasteiger partial charge in [0, 0.05) is 6.04 Å². The van der Waals surface area contributed by atoms with E-state index in [1.165, 1.54) is 44.9 Å². The quantitative estimate of drug-likeness (QED) is 0.506. The standard InChI is InChI=1S/C23H39N.C2H6.CH4/c1-20(2,3)14-16-5-6-18-21(16,4)10-9-19-22-12-8-17(24)13-15(22)7-11-23(18,19)22;1-2;/h15-19H,5-14,24H2,1-4H3;1-2H3;1H4. The highest BCUT2D eigenvalue weighted by atomic mass is 14.9. The molecule has 1 heteroatoms. The molecule has 2 N–H and O–H groups in total. The summed E-state index contributed by atoms with van der Waals surface area (Å²) in [6.45, 7) is 14.1. The largest absolute Gasteiger partial charge is 0.328 e. The average molecular weight is 376 g/mol. The highest BCUT2D eigenvalue weighted by molar-refractivity contribution is 5.33. The van der Waals surface area contributed by atoms with Crippen molar-refractivity contribution < 1.29 is 0 Å². The van der Waals surface area contributed by atoms with Crippen LogP contribution in [0.25, 0.3) is 0 Å². The summed E-state index contributed by atoms with van der Waals surface area (Å²) in [7, 11) is 0. The van der Waals surface area contributed by atoms with Crippen LogP contribution in [0.5, 0.6) is 0 Å². The molecule has 0 saturated heterocycles. The van der Waals surface area contributed by atoms with Crippen LogP contribution in [0.1, 0.15) is 113 Å². The lowest BCUT2D eigenvalue weighted by molar-refractivity contribution is 0.0205. The third kappa shape index (κ3) is 2.65. The summed E-state index contributed by atoms with van der Waals surface area (Å²) in [5.74, 6) is 4.13. The molecule has 5 saturated carbocycles. The van der Waals surface area contributed by atoms with Crippen molar-refractivity contribution in [3.8, 4) is 0 Å². The van der Waals surface area contributed by atoms with E-state index in [4.69, 9.17) is 5.73 Å². The Morgan fingerprint density at radius 1 is 0.852 bits per heavy atom. The zero-order chi connectivity index (χ0) is 19.0. The molecule has 0 heterocycles. The van der Waals surface area contributed by atoms with Crippen molar-refractivity contribution in [2.24, 2.45) is 51.1 Å². The van der Waals surface area contributed by atoms with Gasteiger partial charge >= 0.3 is 0 Å². The van der Waals surface area contributed by atoms with Crippen LogP contribution < -0.4 is 5.73 Å². The van der Waals surface area contributed by atoms with E-state index in [9.17, 15) is 0 Å². The second-order valence-electron chi connectivity index (χ2n) is 12.0. The number of rotatable bonds is 1. The Labute approximate surface area is 170 Å². The first kappa shape index (κ1) is 21.7. The molecule has 0 radical (unpaired) electrons. The third-order valence-electron chi connectivity index (χ3n) is 10.2. The Balaban J connectivity index is 0.000000680. The molecule has 158 valence electrons. The van der Waals surface area contributed by atoms with E-state index in [2.05, 4.69) is 27.7 Å². The van der Waals surface area contributed by atoms with Crippen LogP contribution in [-0.2, 0) is 0 Å². The summed E-state index contributed by atoms with van der Waals surface area (Å²) < 4.78 is 0. The summed E-state index contributed by atoms with van der Waals surface area (Å²) in [5, 5.41) is 0. The second kappa shape index (κ2) is 6.75. The number of nitrogens with two attached hydrogens (primary N) is 1. The molecule has 5 aliphatic rings. The van der Waals surface area contributed by atoms with Crippen LogP contribution in [0, 0.1) is 45.3 Å². The fourth-order valence-corrected chi connectivity index (χ4v) is 9.66. The van der Waals surface area contributed by atoms with Crippen LogP contribution in [0.4, 0.5) is 0 Å². The molecular weight excluding hydrogens is 326 g/mol. The third-order valence-corrected chi connectivity index (χ3v) is 10.2. The molecule has 0 aromatic carbocycles. The van der Waals surface area contributed by atoms with E-state index >= 15 is 0 Å². The topological polar surface area (TPSA) is 26.0 Å². The van der Waals surface area contributed by atoms with E-state index in [0.29, 0.717) is 16.9 Å². The van der Waals surface area contributed by atoms with Gasteiger partial charge in [-0.3, -0.25) is 0 Å². The maximum atomic E-state index is 6.38. The highest BCUT2D eigenvalue weighted by Crippen LogP contribution is 2.91. The summed E-state index contributed by atoms with van der Waals surface area (Å²) in [6, 6.07) is 0.516. The normalized spacial score (nSPS) is 52.3. The highest BCUT2D eigenvalue weighted by Gasteiger charge is 2.85. The monoisotopic (exact) mass is 375 g/mol. The van der Waals surface area contributed by atoms with E-state index in [0.717, 1.165) is 34.5 Å². The lowest BCUT2D eigenvalue weighted by Gasteiger charge is -2.46. The van der Waals surface area contributed by atoms with Crippen LogP contribution in [0.3, 0.4) is 0 Å². The maximum Gasteiger partial charge on any atom is 0.00418 e. The van der Waals surface area contributed by atoms with Crippen molar-refractivity contribution in [1.29, 1.82) is 0 Å². The molecule has 5 fully saturated rings. The summed E-state index contributed by atoms with van der Waals surface area (Å²) in [4.78, 5) is 0. The Morgan fingerprint density at radius 2 is 1.52 bits per heavy atom. The van der Waals surface area contributed by atoms with Gasteiger partial charge < -0.3 is 5.73 Å². The van der Waals surface area contributed by atoms with Gasteiger partial charge in [-0.25, -0.2) is 0 Å². The molecule has 8 atom stereocenters. The van der Waals surface area contributed by atoms with E-state index in [-0.39, 0.29) is 7.43 Å². The molecule has 8 unspecified atom stereocenters. The minimum atomic E-state index is 0. The molecule has 0 aromatic rings. The Hall–Kier alpha value is -0.0400. The predicted octanol–water partition coefficient (Wildman–Crippen LogP) is 7.44. The summed E-state index contributed by atoms with van der Waals surface area (Å²) in [5.41, 5.74) is 9.07. The molecule has 0 amide bonds. The Bertz CT molecular complexity index is 547. The molecule has 0 aliphatic heterocycles. The fraction of sp³-hybridized carbons (Fsp3) is 1.00. The number of fused-ring (bicyclic) bond motifs is 1. The van der Waals surface area contributed by atoms with Crippen molar-refractivity contribution in [2.75, 3.05) is 0 Å². The van der Waals surface area contributed by atoms with Gasteiger partial charge in [0.1, 0.15) is 0 Å². The maximum absolute atomic E-state index is 6.38. The first-order chi connectivity index (χ1) is 12.2. The molecule has 27 heavy (non-hydrogen) atoms. The van der Waals surface area contributed by atoms with Gasteiger partial charge in [-0.15, -0.1) is 0 Å². The summed E-state index contributed by atoms with van der Waals surface area (Å²) in [6.07, 6.45) is 14.9. The van der Waals surface area contributed by atoms with Crippen LogP contribution in [-0.4, -0.2) is 6.04 Å². The van der Waals surface area contributed by atoms with Crippen molar-refractivity contribution in [3.05, 3.63) is 0 Å². The van der Waals surface area contributed by atoms with Gasteiger partial charge in [0.15, 0.2) is 0 Å². The number of hydrogen-bond acceptors (Lipinski definition) is 1. The van der Waals surface area contributed by atoms with E-state index < -0.39 is 0 Å². The molecule has 0 bridgehead atoms. The van der Waals surface area contributed by atoms with Crippen LogP contribution in [0.15, 0.2) is 0 Å². The van der Waals surface area contributed by atoms with Gasteiger partial charge in [0.25, 0.3) is 0 Å². The minimum absolute atomic E-state index is 0. The zero-order valence-corrected chi connectivity index (χ0v) is 18.5. The van der Waals surface area contributed by atoms with E-state index in [1.54, 1.807) is 19.3 Å². The average Bonchev–Trinajstić information content (AvgIpc) is 2.80. The first-order valence-electron chi connectivity index (χ1n) is 12.0. The second-order valence-corrected chi connectivity index (χ2v) is 12.0. The van der Waals surface area contributed by atoms with Crippen molar-refractivity contribution in [2.45, 2.75) is 119 Å². The smallest absolute Gasteiger partial charge is 0.00418 e. The Morgan fingerprint density at radius 3 is 2.19 bits per heavy atom. The zero-order valence-electron chi connectivity index (χ0n) is 18.5. The molecule has 5 aliphatic carbocycles. The Kier molecular flexibility index (Phi) is 5.41. The predicted molar refractivity (Wildman–Crippen MR) is 119 cm³/mol. The lowest BCUT2D eigenvalue weighted by Crippen LogP contribution is -2.40. The summed E-state index contributed by atoms with van der Waals surface area (Å²) >= 11 is 0. The van der Waals surface area contributed by atoms with Gasteiger partial charge in [-0.05, 0) is 110 Å². The number of hydrogen-bond donors (Lipinski definition) is 1. The fourth-order valence-electron chi connectivity index (χ4n) is 9.66. The van der Waals surface area contributed by atoms with E-state index in [1.807, 2.05) is 13.8 Å². The van der Waals surface area contributed by atoms with Gasteiger partial charge in [0.05, 0.1) is 0 Å². The van der Waals surface area contributed by atoms with Crippen LogP contribution in [0.2, 0.25) is 0 Å². The van der Waals surface area contributed by atoms with Gasteiger partial charge in [0.2, 0.25) is 0 Å². The minimum Gasteiger partial charge on any atom is -0.328 e.